The maximum absolute atomic E-state index is 12.2. The zero-order valence-corrected chi connectivity index (χ0v) is 16.5. The number of benzene rings is 2. The quantitative estimate of drug-likeness (QED) is 0.596. The first kappa shape index (κ1) is 18.5. The van der Waals surface area contributed by atoms with E-state index in [1.54, 1.807) is 7.11 Å². The van der Waals surface area contributed by atoms with Gasteiger partial charge in [0.15, 0.2) is 5.13 Å². The Hall–Kier alpha value is -2.31. The molecule has 6 heteroatoms. The zero-order chi connectivity index (χ0) is 18.5. The van der Waals surface area contributed by atoms with E-state index in [4.69, 9.17) is 4.74 Å². The maximum Gasteiger partial charge on any atom is 0.236 e. The van der Waals surface area contributed by atoms with Crippen LogP contribution in [-0.2, 0) is 4.79 Å². The minimum absolute atomic E-state index is 0.0623. The monoisotopic (exact) mass is 384 g/mol. The van der Waals surface area contributed by atoms with Gasteiger partial charge in [-0.05, 0) is 49.7 Å². The van der Waals surface area contributed by atoms with Crippen LogP contribution in [0.5, 0.6) is 5.75 Å². The fourth-order valence-corrected chi connectivity index (χ4v) is 3.87. The molecule has 0 aliphatic rings. The van der Waals surface area contributed by atoms with Crippen molar-refractivity contribution in [2.75, 3.05) is 18.2 Å². The first-order valence-corrected chi connectivity index (χ1v) is 10.0. The topological polar surface area (TPSA) is 51.2 Å². The Labute approximate surface area is 161 Å². The van der Waals surface area contributed by atoms with Gasteiger partial charge in [-0.3, -0.25) is 4.79 Å². The number of amides is 1. The molecule has 0 saturated carbocycles. The molecule has 0 bridgehead atoms. The Balaban J connectivity index is 1.59. The fraction of sp³-hybridized carbons (Fsp3) is 0.200. The van der Waals surface area contributed by atoms with Gasteiger partial charge in [-0.1, -0.05) is 17.7 Å². The van der Waals surface area contributed by atoms with E-state index >= 15 is 0 Å². The van der Waals surface area contributed by atoms with E-state index < -0.39 is 0 Å². The van der Waals surface area contributed by atoms with E-state index in [2.05, 4.69) is 42.3 Å². The standard InChI is InChI=1S/C20H20N2O2S2/c1-13-4-5-14(2)17(10-13)18-11-26-20(21-18)22-19(23)12-25-16-8-6-15(24-3)7-9-16/h4-11H,12H2,1-3H3,(H,21,22,23). The number of nitrogens with one attached hydrogen (secondary N) is 1. The molecule has 1 heterocycles. The first-order valence-electron chi connectivity index (χ1n) is 8.15. The van der Waals surface area contributed by atoms with Crippen molar-refractivity contribution in [3.8, 4) is 17.0 Å². The van der Waals surface area contributed by atoms with Crippen LogP contribution in [0.3, 0.4) is 0 Å². The van der Waals surface area contributed by atoms with Gasteiger partial charge in [0, 0.05) is 15.8 Å². The van der Waals surface area contributed by atoms with E-state index in [-0.39, 0.29) is 5.91 Å². The minimum Gasteiger partial charge on any atom is -0.497 e. The Morgan fingerprint density at radius 1 is 1.19 bits per heavy atom. The molecule has 0 radical (unpaired) electrons. The van der Waals surface area contributed by atoms with E-state index in [9.17, 15) is 4.79 Å². The van der Waals surface area contributed by atoms with Gasteiger partial charge in [0.1, 0.15) is 5.75 Å². The van der Waals surface area contributed by atoms with Crippen molar-refractivity contribution in [1.29, 1.82) is 0 Å². The molecule has 0 spiro atoms. The predicted octanol–water partition coefficient (Wildman–Crippen LogP) is 5.17. The number of aromatic nitrogens is 1. The molecule has 0 fully saturated rings. The van der Waals surface area contributed by atoms with Gasteiger partial charge in [0.2, 0.25) is 5.91 Å². The SMILES string of the molecule is COc1ccc(SCC(=O)Nc2nc(-c3cc(C)ccc3C)cs2)cc1. The average Bonchev–Trinajstić information content (AvgIpc) is 3.10. The van der Waals surface area contributed by atoms with Crippen LogP contribution >= 0.6 is 23.1 Å². The van der Waals surface area contributed by atoms with Gasteiger partial charge in [0.25, 0.3) is 0 Å². The van der Waals surface area contributed by atoms with Crippen LogP contribution in [-0.4, -0.2) is 23.8 Å². The van der Waals surface area contributed by atoms with Gasteiger partial charge in [-0.15, -0.1) is 23.1 Å². The maximum atomic E-state index is 12.2. The second kappa shape index (κ2) is 8.38. The van der Waals surface area contributed by atoms with Crippen molar-refractivity contribution in [3.63, 3.8) is 0 Å². The molecule has 0 atom stereocenters. The lowest BCUT2D eigenvalue weighted by Crippen LogP contribution is -2.13. The summed E-state index contributed by atoms with van der Waals surface area (Å²) in [4.78, 5) is 17.8. The second-order valence-corrected chi connectivity index (χ2v) is 7.78. The molecule has 0 aliphatic heterocycles. The molecule has 134 valence electrons. The first-order chi connectivity index (χ1) is 12.5. The van der Waals surface area contributed by atoms with Crippen LogP contribution in [0, 0.1) is 13.8 Å². The highest BCUT2D eigenvalue weighted by Gasteiger charge is 2.10. The highest BCUT2D eigenvalue weighted by atomic mass is 32.2. The van der Waals surface area contributed by atoms with Crippen LogP contribution in [0.4, 0.5) is 5.13 Å². The lowest BCUT2D eigenvalue weighted by molar-refractivity contribution is -0.113. The lowest BCUT2D eigenvalue weighted by atomic mass is 10.0. The number of aryl methyl sites for hydroxylation is 2. The Bertz CT molecular complexity index is 904. The summed E-state index contributed by atoms with van der Waals surface area (Å²) in [5.41, 5.74) is 4.37. The third kappa shape index (κ3) is 4.65. The van der Waals surface area contributed by atoms with Crippen molar-refractivity contribution in [1.82, 2.24) is 4.98 Å². The summed E-state index contributed by atoms with van der Waals surface area (Å²) in [5.74, 6) is 1.08. The number of nitrogens with zero attached hydrogens (tertiary/aromatic N) is 1. The molecule has 4 nitrogen and oxygen atoms in total. The third-order valence-corrected chi connectivity index (χ3v) is 5.62. The van der Waals surface area contributed by atoms with E-state index in [0.29, 0.717) is 10.9 Å². The molecule has 26 heavy (non-hydrogen) atoms. The van der Waals surface area contributed by atoms with Gasteiger partial charge < -0.3 is 10.1 Å². The number of thioether (sulfide) groups is 1. The number of ether oxygens (including phenoxy) is 1. The summed E-state index contributed by atoms with van der Waals surface area (Å²) < 4.78 is 5.13. The van der Waals surface area contributed by atoms with Crippen molar-refractivity contribution in [2.45, 2.75) is 18.7 Å². The van der Waals surface area contributed by atoms with Crippen LogP contribution in [0.15, 0.2) is 52.7 Å². The van der Waals surface area contributed by atoms with E-state index in [1.165, 1.54) is 34.2 Å². The molecule has 1 aromatic heterocycles. The smallest absolute Gasteiger partial charge is 0.236 e. The summed E-state index contributed by atoms with van der Waals surface area (Å²) in [6, 6.07) is 14.0. The van der Waals surface area contributed by atoms with Gasteiger partial charge >= 0.3 is 0 Å². The van der Waals surface area contributed by atoms with Crippen molar-refractivity contribution in [3.05, 3.63) is 59.0 Å². The predicted molar refractivity (Wildman–Crippen MR) is 109 cm³/mol. The number of carbonyl (C=O) groups is 1. The van der Waals surface area contributed by atoms with E-state index in [1.807, 2.05) is 29.6 Å². The highest BCUT2D eigenvalue weighted by Crippen LogP contribution is 2.28. The van der Waals surface area contributed by atoms with Crippen LogP contribution in [0.25, 0.3) is 11.3 Å². The van der Waals surface area contributed by atoms with Crippen LogP contribution in [0.2, 0.25) is 0 Å². The number of hydrogen-bond donors (Lipinski definition) is 1. The largest absolute Gasteiger partial charge is 0.497 e. The molecular formula is C20H20N2O2S2. The van der Waals surface area contributed by atoms with Crippen LogP contribution in [0.1, 0.15) is 11.1 Å². The number of hydrogen-bond acceptors (Lipinski definition) is 5. The number of rotatable bonds is 6. The van der Waals surface area contributed by atoms with Crippen molar-refractivity contribution >= 4 is 34.1 Å². The van der Waals surface area contributed by atoms with Gasteiger partial charge in [0.05, 0.1) is 18.6 Å². The molecule has 0 unspecified atom stereocenters. The molecule has 3 aromatic rings. The average molecular weight is 385 g/mol. The number of carbonyl (C=O) groups excluding carboxylic acids is 1. The fourth-order valence-electron chi connectivity index (χ4n) is 2.44. The number of thiazole rings is 1. The van der Waals surface area contributed by atoms with E-state index in [0.717, 1.165) is 21.9 Å². The summed E-state index contributed by atoms with van der Waals surface area (Å²) >= 11 is 2.93. The lowest BCUT2D eigenvalue weighted by Gasteiger charge is -2.05. The second-order valence-electron chi connectivity index (χ2n) is 5.87. The molecule has 1 N–H and O–H groups in total. The summed E-state index contributed by atoms with van der Waals surface area (Å²) in [6.07, 6.45) is 0. The summed E-state index contributed by atoms with van der Waals surface area (Å²) in [6.45, 7) is 4.13. The summed E-state index contributed by atoms with van der Waals surface area (Å²) in [5, 5.41) is 5.49. The number of methoxy groups -OCH3 is 1. The Morgan fingerprint density at radius 2 is 1.96 bits per heavy atom. The summed E-state index contributed by atoms with van der Waals surface area (Å²) in [7, 11) is 1.64. The van der Waals surface area contributed by atoms with Crippen molar-refractivity contribution < 1.29 is 9.53 Å². The van der Waals surface area contributed by atoms with Crippen LogP contribution < -0.4 is 10.1 Å². The third-order valence-electron chi connectivity index (χ3n) is 3.85. The normalized spacial score (nSPS) is 10.6. The van der Waals surface area contributed by atoms with Crippen molar-refractivity contribution in [2.24, 2.45) is 0 Å². The number of anilines is 1. The zero-order valence-electron chi connectivity index (χ0n) is 14.9. The molecule has 1 amide bonds. The minimum atomic E-state index is -0.0623. The van der Waals surface area contributed by atoms with Gasteiger partial charge in [-0.25, -0.2) is 4.98 Å². The molecule has 0 saturated heterocycles. The molecule has 0 aliphatic carbocycles. The Morgan fingerprint density at radius 3 is 2.69 bits per heavy atom. The molecule has 2 aromatic carbocycles. The molecular weight excluding hydrogens is 364 g/mol. The highest BCUT2D eigenvalue weighted by molar-refractivity contribution is 8.00. The molecule has 3 rings (SSSR count). The van der Waals surface area contributed by atoms with Gasteiger partial charge in [-0.2, -0.15) is 0 Å². The Kier molecular flexibility index (Phi) is 5.96.